The summed E-state index contributed by atoms with van der Waals surface area (Å²) in [5.74, 6) is -1.03. The highest BCUT2D eigenvalue weighted by molar-refractivity contribution is 6.31. The first-order chi connectivity index (χ1) is 16.5. The molecule has 0 saturated heterocycles. The average molecular weight is 489 g/mol. The summed E-state index contributed by atoms with van der Waals surface area (Å²) >= 11 is 11.9. The van der Waals surface area contributed by atoms with Crippen LogP contribution < -0.4 is 0 Å². The third kappa shape index (κ3) is 5.73. The number of carbonyl (C=O) groups is 2. The van der Waals surface area contributed by atoms with E-state index >= 15 is 0 Å². The minimum absolute atomic E-state index is 0.106. The molecule has 0 aromatic heterocycles. The Bertz CT molecular complexity index is 1210. The van der Waals surface area contributed by atoms with Gasteiger partial charge in [-0.3, -0.25) is 0 Å². The predicted molar refractivity (Wildman–Crippen MR) is 133 cm³/mol. The molecule has 0 unspecified atom stereocenters. The van der Waals surface area contributed by atoms with E-state index in [4.69, 9.17) is 32.7 Å². The first-order valence-electron chi connectivity index (χ1n) is 10.3. The lowest BCUT2D eigenvalue weighted by atomic mass is 10.1. The van der Waals surface area contributed by atoms with Crippen molar-refractivity contribution in [2.75, 3.05) is 0 Å². The van der Waals surface area contributed by atoms with Crippen molar-refractivity contribution in [2.45, 2.75) is 0 Å². The molecule has 4 nitrogen and oxygen atoms in total. The van der Waals surface area contributed by atoms with Gasteiger partial charge in [-0.15, -0.1) is 0 Å². The highest BCUT2D eigenvalue weighted by Crippen LogP contribution is 2.31. The van der Waals surface area contributed by atoms with Crippen LogP contribution in [0.1, 0.15) is 31.8 Å². The molecule has 0 saturated carbocycles. The first-order valence-corrected chi connectivity index (χ1v) is 11.1. The van der Waals surface area contributed by atoms with Crippen molar-refractivity contribution in [3.63, 3.8) is 0 Å². The number of halogens is 2. The highest BCUT2D eigenvalue weighted by atomic mass is 35.5. The van der Waals surface area contributed by atoms with Gasteiger partial charge in [-0.1, -0.05) is 83.9 Å². The van der Waals surface area contributed by atoms with Gasteiger partial charge < -0.3 is 9.47 Å². The van der Waals surface area contributed by atoms with Gasteiger partial charge in [0.05, 0.1) is 11.1 Å². The van der Waals surface area contributed by atoms with E-state index < -0.39 is 11.9 Å². The minimum Gasteiger partial charge on any atom is -0.418 e. The molecular weight excluding hydrogens is 471 g/mol. The van der Waals surface area contributed by atoms with E-state index in [0.29, 0.717) is 32.3 Å². The Labute approximate surface area is 207 Å². The first kappa shape index (κ1) is 23.3. The molecule has 0 heterocycles. The second kappa shape index (κ2) is 10.8. The fourth-order valence-electron chi connectivity index (χ4n) is 3.13. The zero-order chi connectivity index (χ0) is 23.9. The molecule has 0 spiro atoms. The monoisotopic (exact) mass is 488 g/mol. The van der Waals surface area contributed by atoms with E-state index in [2.05, 4.69) is 0 Å². The van der Waals surface area contributed by atoms with Crippen LogP contribution >= 0.6 is 23.2 Å². The Morgan fingerprint density at radius 2 is 0.765 bits per heavy atom. The molecule has 4 aromatic carbocycles. The summed E-state index contributed by atoms with van der Waals surface area (Å²) in [4.78, 5) is 26.0. The Morgan fingerprint density at radius 3 is 1.09 bits per heavy atom. The summed E-state index contributed by atoms with van der Waals surface area (Å²) in [6, 6.07) is 30.6. The Hall–Kier alpha value is -3.86. The van der Waals surface area contributed by atoms with E-state index in [0.717, 1.165) is 0 Å². The summed E-state index contributed by atoms with van der Waals surface area (Å²) in [6.07, 6.45) is 0. The average Bonchev–Trinajstić information content (AvgIpc) is 2.87. The Balaban J connectivity index is 1.81. The van der Waals surface area contributed by atoms with Crippen LogP contribution in [0.15, 0.2) is 109 Å². The second-order valence-electron chi connectivity index (χ2n) is 7.18. The van der Waals surface area contributed by atoms with Gasteiger partial charge >= 0.3 is 11.9 Å². The van der Waals surface area contributed by atoms with Crippen LogP contribution in [0.25, 0.3) is 11.5 Å². The molecule has 6 heteroatoms. The number of rotatable bonds is 6. The second-order valence-corrected chi connectivity index (χ2v) is 8.06. The minimum atomic E-state index is -0.619. The van der Waals surface area contributed by atoms with Crippen molar-refractivity contribution in [1.29, 1.82) is 0 Å². The standard InChI is InChI=1S/C28H18Cl2O4/c29-23-15-11-21(12-16-23)27(31)33-25(19-7-3-1-4-8-19)26(20-9-5-2-6-10-20)34-28(32)22-13-17-24(30)18-14-22/h1-18H. The predicted octanol–water partition coefficient (Wildman–Crippen LogP) is 7.53. The van der Waals surface area contributed by atoms with Crippen molar-refractivity contribution < 1.29 is 19.1 Å². The lowest BCUT2D eigenvalue weighted by Crippen LogP contribution is -2.11. The topological polar surface area (TPSA) is 52.6 Å². The maximum Gasteiger partial charge on any atom is 0.343 e. The van der Waals surface area contributed by atoms with Gasteiger partial charge in [0, 0.05) is 21.2 Å². The maximum atomic E-state index is 13.0. The maximum absolute atomic E-state index is 13.0. The van der Waals surface area contributed by atoms with E-state index in [1.165, 1.54) is 0 Å². The van der Waals surface area contributed by atoms with Crippen molar-refractivity contribution in [3.8, 4) is 0 Å². The molecular formula is C28H18Cl2O4. The van der Waals surface area contributed by atoms with Gasteiger partial charge in [-0.05, 0) is 48.5 Å². The SMILES string of the molecule is O=C(OC(=C(OC(=O)c1ccc(Cl)cc1)c1ccccc1)c1ccccc1)c1ccc(Cl)cc1. The third-order valence-corrected chi connectivity index (χ3v) is 5.33. The van der Waals surface area contributed by atoms with Gasteiger partial charge in [0.1, 0.15) is 0 Å². The van der Waals surface area contributed by atoms with Crippen molar-refractivity contribution in [3.05, 3.63) is 141 Å². The number of ether oxygens (including phenoxy) is 2. The van der Waals surface area contributed by atoms with Crippen LogP contribution in [-0.4, -0.2) is 11.9 Å². The Kier molecular flexibility index (Phi) is 7.43. The molecule has 0 N–H and O–H groups in total. The van der Waals surface area contributed by atoms with Gasteiger partial charge in [-0.25, -0.2) is 9.59 Å². The fourth-order valence-corrected chi connectivity index (χ4v) is 3.38. The zero-order valence-electron chi connectivity index (χ0n) is 17.8. The highest BCUT2D eigenvalue weighted by Gasteiger charge is 2.22. The summed E-state index contributed by atoms with van der Waals surface area (Å²) < 4.78 is 11.7. The van der Waals surface area contributed by atoms with E-state index in [9.17, 15) is 9.59 Å². The quantitative estimate of drug-likeness (QED) is 0.160. The molecule has 34 heavy (non-hydrogen) atoms. The summed E-state index contributed by atoms with van der Waals surface area (Å²) in [7, 11) is 0. The summed E-state index contributed by atoms with van der Waals surface area (Å²) in [5, 5.41) is 0.995. The fraction of sp³-hybridized carbons (Fsp3) is 0. The van der Waals surface area contributed by atoms with Gasteiger partial charge in [0.15, 0.2) is 11.5 Å². The van der Waals surface area contributed by atoms with Crippen molar-refractivity contribution in [2.24, 2.45) is 0 Å². The van der Waals surface area contributed by atoms with Crippen LogP contribution in [-0.2, 0) is 9.47 Å². The number of esters is 2. The molecule has 0 amide bonds. The summed E-state index contributed by atoms with van der Waals surface area (Å²) in [5.41, 5.74) is 1.73. The molecule has 0 aliphatic heterocycles. The van der Waals surface area contributed by atoms with E-state index in [1.54, 1.807) is 97.1 Å². The van der Waals surface area contributed by atoms with Gasteiger partial charge in [0.25, 0.3) is 0 Å². The molecule has 4 rings (SSSR count). The Morgan fingerprint density at radius 1 is 0.441 bits per heavy atom. The number of carbonyl (C=O) groups excluding carboxylic acids is 2. The van der Waals surface area contributed by atoms with Crippen molar-refractivity contribution in [1.82, 2.24) is 0 Å². The lowest BCUT2D eigenvalue weighted by Gasteiger charge is -2.16. The molecule has 0 bridgehead atoms. The van der Waals surface area contributed by atoms with E-state index in [1.807, 2.05) is 12.1 Å². The molecule has 0 fully saturated rings. The van der Waals surface area contributed by atoms with Crippen LogP contribution in [0.3, 0.4) is 0 Å². The number of benzene rings is 4. The molecule has 168 valence electrons. The molecule has 4 aromatic rings. The third-order valence-electron chi connectivity index (χ3n) is 4.83. The van der Waals surface area contributed by atoms with Gasteiger partial charge in [-0.2, -0.15) is 0 Å². The summed E-state index contributed by atoms with van der Waals surface area (Å²) in [6.45, 7) is 0. The van der Waals surface area contributed by atoms with Gasteiger partial charge in [0.2, 0.25) is 0 Å². The zero-order valence-corrected chi connectivity index (χ0v) is 19.3. The van der Waals surface area contributed by atoms with Crippen LogP contribution in [0.5, 0.6) is 0 Å². The normalized spacial score (nSPS) is 11.4. The lowest BCUT2D eigenvalue weighted by molar-refractivity contribution is 0.0647. The number of hydrogen-bond donors (Lipinski definition) is 0. The molecule has 0 aliphatic rings. The smallest absolute Gasteiger partial charge is 0.343 e. The van der Waals surface area contributed by atoms with E-state index in [-0.39, 0.29) is 11.5 Å². The largest absolute Gasteiger partial charge is 0.418 e. The van der Waals surface area contributed by atoms with Crippen LogP contribution in [0.2, 0.25) is 10.0 Å². The molecule has 0 aliphatic carbocycles. The number of hydrogen-bond acceptors (Lipinski definition) is 4. The molecule has 0 radical (unpaired) electrons. The van der Waals surface area contributed by atoms with Crippen LogP contribution in [0, 0.1) is 0 Å². The molecule has 0 atom stereocenters. The van der Waals surface area contributed by atoms with Crippen LogP contribution in [0.4, 0.5) is 0 Å². The van der Waals surface area contributed by atoms with Crippen molar-refractivity contribution >= 4 is 46.7 Å².